The number of hydrogen-bond acceptors (Lipinski definition) is 2. The van der Waals surface area contributed by atoms with Gasteiger partial charge in [0, 0.05) is 5.02 Å². The number of rotatable bonds is 5. The molecule has 0 spiro atoms. The number of nitrogens with one attached hydrogen (secondary N) is 1. The summed E-state index contributed by atoms with van der Waals surface area (Å²) in [5.74, 6) is -2.60. The Balaban J connectivity index is 2.98. The predicted molar refractivity (Wildman–Crippen MR) is 74.7 cm³/mol. The van der Waals surface area contributed by atoms with Crippen LogP contribution in [0.25, 0.3) is 0 Å². The van der Waals surface area contributed by atoms with Crippen LogP contribution < -0.4 is 5.32 Å². The molecule has 1 aromatic carbocycles. The van der Waals surface area contributed by atoms with Gasteiger partial charge in [0.25, 0.3) is 0 Å². The monoisotopic (exact) mass is 337 g/mol. The number of carboxylic acid groups (broad SMARTS) is 1. The minimum Gasteiger partial charge on any atom is -0.480 e. The van der Waals surface area contributed by atoms with Crippen molar-refractivity contribution >= 4 is 23.5 Å². The average molecular weight is 338 g/mol. The Bertz CT molecular complexity index is 573. The van der Waals surface area contributed by atoms with E-state index in [1.165, 1.54) is 19.9 Å². The van der Waals surface area contributed by atoms with Gasteiger partial charge in [0.05, 0.1) is 11.8 Å². The molecule has 0 radical (unpaired) electrons. The predicted octanol–water partition coefficient (Wildman–Crippen LogP) is 3.14. The number of carbonyl (C=O) groups excluding carboxylic acids is 1. The standard InChI is InChI=1S/C14H15ClF3NO3/c1-13(2,8-5-3-4-6-9(8)15)12(22)19-10(11(20)21)7-14(16,17)18/h3-6,10H,7H2,1-2H3,(H,19,22)(H,20,21). The zero-order valence-corrected chi connectivity index (χ0v) is 12.6. The number of aliphatic carboxylic acids is 1. The van der Waals surface area contributed by atoms with Crippen LogP contribution in [0.3, 0.4) is 0 Å². The summed E-state index contributed by atoms with van der Waals surface area (Å²) < 4.78 is 37.1. The number of alkyl halides is 3. The molecular formula is C14H15ClF3NO3. The zero-order chi connectivity index (χ0) is 17.1. The lowest BCUT2D eigenvalue weighted by molar-refractivity contribution is -0.160. The Hall–Kier alpha value is -1.76. The maximum Gasteiger partial charge on any atom is 0.391 e. The van der Waals surface area contributed by atoms with Crippen LogP contribution in [0.4, 0.5) is 13.2 Å². The van der Waals surface area contributed by atoms with Crippen LogP contribution in [0.15, 0.2) is 24.3 Å². The van der Waals surface area contributed by atoms with E-state index in [4.69, 9.17) is 16.7 Å². The van der Waals surface area contributed by atoms with Crippen molar-refractivity contribution in [3.63, 3.8) is 0 Å². The van der Waals surface area contributed by atoms with Gasteiger partial charge in [0.15, 0.2) is 0 Å². The smallest absolute Gasteiger partial charge is 0.391 e. The summed E-state index contributed by atoms with van der Waals surface area (Å²) in [7, 11) is 0. The molecule has 0 saturated heterocycles. The number of halogens is 4. The average Bonchev–Trinajstić information content (AvgIpc) is 2.36. The molecule has 0 aliphatic rings. The van der Waals surface area contributed by atoms with Gasteiger partial charge in [0.1, 0.15) is 6.04 Å². The first-order valence-electron chi connectivity index (χ1n) is 6.30. The summed E-state index contributed by atoms with van der Waals surface area (Å²) in [4.78, 5) is 23.1. The number of amides is 1. The van der Waals surface area contributed by atoms with Gasteiger partial charge in [-0.2, -0.15) is 13.2 Å². The van der Waals surface area contributed by atoms with Crippen LogP contribution in [0.2, 0.25) is 5.02 Å². The van der Waals surface area contributed by atoms with Gasteiger partial charge in [-0.3, -0.25) is 4.79 Å². The maximum absolute atomic E-state index is 12.4. The fourth-order valence-corrected chi connectivity index (χ4v) is 2.23. The van der Waals surface area contributed by atoms with Crippen molar-refractivity contribution < 1.29 is 27.9 Å². The summed E-state index contributed by atoms with van der Waals surface area (Å²) in [6.07, 6.45) is -6.35. The molecule has 4 nitrogen and oxygen atoms in total. The second kappa shape index (κ2) is 6.56. The van der Waals surface area contributed by atoms with Crippen LogP contribution in [0, 0.1) is 0 Å². The molecule has 0 heterocycles. The Morgan fingerprint density at radius 3 is 2.27 bits per heavy atom. The summed E-state index contributed by atoms with van der Waals surface area (Å²) in [5.41, 5.74) is -0.886. The lowest BCUT2D eigenvalue weighted by Gasteiger charge is -2.27. The molecule has 0 aliphatic heterocycles. The Morgan fingerprint density at radius 2 is 1.82 bits per heavy atom. The second-order valence-corrected chi connectivity index (χ2v) is 5.70. The van der Waals surface area contributed by atoms with Gasteiger partial charge in [-0.25, -0.2) is 4.79 Å². The Kier molecular flexibility index (Phi) is 5.45. The van der Waals surface area contributed by atoms with Gasteiger partial charge >= 0.3 is 12.1 Å². The molecule has 1 unspecified atom stereocenters. The van der Waals surface area contributed by atoms with Crippen molar-refractivity contribution in [2.75, 3.05) is 0 Å². The van der Waals surface area contributed by atoms with Crippen molar-refractivity contribution in [2.24, 2.45) is 0 Å². The molecule has 8 heteroatoms. The quantitative estimate of drug-likeness (QED) is 0.867. The van der Waals surface area contributed by atoms with Crippen LogP contribution in [0.5, 0.6) is 0 Å². The van der Waals surface area contributed by atoms with E-state index >= 15 is 0 Å². The van der Waals surface area contributed by atoms with Crippen LogP contribution in [0.1, 0.15) is 25.8 Å². The molecule has 122 valence electrons. The number of hydrogen-bond donors (Lipinski definition) is 2. The lowest BCUT2D eigenvalue weighted by Crippen LogP contribution is -2.49. The first-order valence-corrected chi connectivity index (χ1v) is 6.68. The summed E-state index contributed by atoms with van der Waals surface area (Å²) in [6.45, 7) is 2.91. The SMILES string of the molecule is CC(C)(C(=O)NC(CC(F)(F)F)C(=O)O)c1ccccc1Cl. The van der Waals surface area contributed by atoms with Gasteiger partial charge in [-0.15, -0.1) is 0 Å². The van der Waals surface area contributed by atoms with E-state index in [0.29, 0.717) is 5.56 Å². The van der Waals surface area contributed by atoms with E-state index in [0.717, 1.165) is 0 Å². The summed E-state index contributed by atoms with van der Waals surface area (Å²) >= 11 is 5.98. The van der Waals surface area contributed by atoms with E-state index in [1.54, 1.807) is 18.2 Å². The van der Waals surface area contributed by atoms with E-state index in [9.17, 15) is 22.8 Å². The number of carbonyl (C=O) groups is 2. The van der Waals surface area contributed by atoms with Crippen molar-refractivity contribution in [1.29, 1.82) is 0 Å². The van der Waals surface area contributed by atoms with Gasteiger partial charge in [-0.05, 0) is 25.5 Å². The molecule has 1 rings (SSSR count). The fourth-order valence-electron chi connectivity index (χ4n) is 1.86. The first kappa shape index (κ1) is 18.3. The van der Waals surface area contributed by atoms with E-state index < -0.39 is 35.9 Å². The minimum absolute atomic E-state index is 0.269. The van der Waals surface area contributed by atoms with E-state index in [1.807, 2.05) is 5.32 Å². The van der Waals surface area contributed by atoms with Crippen molar-refractivity contribution in [1.82, 2.24) is 5.32 Å². The normalized spacial score (nSPS) is 13.5. The Labute approximate surface area is 130 Å². The lowest BCUT2D eigenvalue weighted by atomic mass is 9.83. The third kappa shape index (κ3) is 4.62. The highest BCUT2D eigenvalue weighted by Crippen LogP contribution is 2.30. The molecule has 0 aromatic heterocycles. The van der Waals surface area contributed by atoms with Crippen molar-refractivity contribution in [3.8, 4) is 0 Å². The molecule has 2 N–H and O–H groups in total. The van der Waals surface area contributed by atoms with Crippen molar-refractivity contribution in [3.05, 3.63) is 34.9 Å². The first-order chi connectivity index (χ1) is 9.95. The zero-order valence-electron chi connectivity index (χ0n) is 11.9. The topological polar surface area (TPSA) is 66.4 Å². The van der Waals surface area contributed by atoms with Crippen LogP contribution in [-0.4, -0.2) is 29.2 Å². The van der Waals surface area contributed by atoms with Crippen LogP contribution >= 0.6 is 11.6 Å². The summed E-state index contributed by atoms with van der Waals surface area (Å²) in [5, 5.41) is 11.0. The fraction of sp³-hybridized carbons (Fsp3) is 0.429. The van der Waals surface area contributed by atoms with Gasteiger partial charge < -0.3 is 10.4 Å². The van der Waals surface area contributed by atoms with Gasteiger partial charge in [0.2, 0.25) is 5.91 Å². The van der Waals surface area contributed by atoms with Crippen LogP contribution in [-0.2, 0) is 15.0 Å². The molecule has 0 bridgehead atoms. The third-order valence-electron chi connectivity index (χ3n) is 3.15. The summed E-state index contributed by atoms with van der Waals surface area (Å²) in [6, 6.07) is 4.32. The largest absolute Gasteiger partial charge is 0.480 e. The molecule has 22 heavy (non-hydrogen) atoms. The second-order valence-electron chi connectivity index (χ2n) is 5.29. The molecule has 1 atom stereocenters. The maximum atomic E-state index is 12.4. The molecule has 0 aliphatic carbocycles. The molecule has 1 aromatic rings. The minimum atomic E-state index is -4.70. The van der Waals surface area contributed by atoms with Crippen molar-refractivity contribution in [2.45, 2.75) is 37.9 Å². The molecule has 0 saturated carbocycles. The highest BCUT2D eigenvalue weighted by Gasteiger charge is 2.39. The van der Waals surface area contributed by atoms with Gasteiger partial charge in [-0.1, -0.05) is 29.8 Å². The molecule has 0 fully saturated rings. The number of carboxylic acids is 1. The highest BCUT2D eigenvalue weighted by atomic mass is 35.5. The molecule has 1 amide bonds. The third-order valence-corrected chi connectivity index (χ3v) is 3.48. The Morgan fingerprint density at radius 1 is 1.27 bits per heavy atom. The van der Waals surface area contributed by atoms with E-state index in [-0.39, 0.29) is 5.02 Å². The molecular weight excluding hydrogens is 323 g/mol. The highest BCUT2D eigenvalue weighted by molar-refractivity contribution is 6.31. The van der Waals surface area contributed by atoms with E-state index in [2.05, 4.69) is 0 Å². The number of benzene rings is 1.